The lowest BCUT2D eigenvalue weighted by molar-refractivity contribution is -0.305. The third kappa shape index (κ3) is 9.03. The molecule has 0 aromatic heterocycles. The summed E-state index contributed by atoms with van der Waals surface area (Å²) in [6, 6.07) is 0. The number of hydrogen-bond donors (Lipinski definition) is 0. The lowest BCUT2D eigenvalue weighted by Crippen LogP contribution is -2.23. The van der Waals surface area contributed by atoms with E-state index in [0.717, 1.165) is 5.57 Å². The van der Waals surface area contributed by atoms with Gasteiger partial charge in [-0.1, -0.05) is 60.9 Å². The fraction of sp³-hybridized carbons (Fsp3) is 0.500. The number of carbonyl (C=O) groups excluding carboxylic acids is 2. The summed E-state index contributed by atoms with van der Waals surface area (Å²) in [5.74, 6) is -1.78. The number of rotatable bonds is 9. The third-order valence-electron chi connectivity index (χ3n) is 4.96. The highest BCUT2D eigenvalue weighted by molar-refractivity contribution is 5.75. The molecule has 4 nitrogen and oxygen atoms in total. The summed E-state index contributed by atoms with van der Waals surface area (Å²) in [4.78, 5) is 21.6. The van der Waals surface area contributed by atoms with Gasteiger partial charge in [-0.05, 0) is 63.5 Å². The highest BCUT2D eigenvalue weighted by Crippen LogP contribution is 2.40. The van der Waals surface area contributed by atoms with E-state index in [-0.39, 0.29) is 24.9 Å². The first-order chi connectivity index (χ1) is 13.1. The van der Waals surface area contributed by atoms with Gasteiger partial charge in [-0.25, -0.2) is 0 Å². The van der Waals surface area contributed by atoms with Crippen LogP contribution in [0.1, 0.15) is 66.7 Å². The van der Waals surface area contributed by atoms with Crippen molar-refractivity contribution in [2.75, 3.05) is 6.61 Å². The molecule has 0 aliphatic heterocycles. The van der Waals surface area contributed by atoms with Gasteiger partial charge in [-0.2, -0.15) is 0 Å². The smallest absolute Gasteiger partial charge is 0.306 e. The largest absolute Gasteiger partial charge is 0.550 e. The average molecular weight is 386 g/mol. The quantitative estimate of drug-likeness (QED) is 0.430. The second-order valence-corrected chi connectivity index (χ2v) is 8.04. The van der Waals surface area contributed by atoms with Crippen LogP contribution in [0.3, 0.4) is 0 Å². The number of carboxylic acid groups (broad SMARTS) is 1. The molecule has 0 fully saturated rings. The van der Waals surface area contributed by atoms with E-state index in [9.17, 15) is 14.7 Å². The number of hydrogen-bond acceptors (Lipinski definition) is 4. The van der Waals surface area contributed by atoms with Gasteiger partial charge in [0.05, 0.1) is 6.42 Å². The number of carboxylic acids is 1. The predicted octanol–water partition coefficient (Wildman–Crippen LogP) is 4.59. The van der Waals surface area contributed by atoms with Crippen molar-refractivity contribution < 1.29 is 19.4 Å². The van der Waals surface area contributed by atoms with Crippen LogP contribution in [-0.4, -0.2) is 18.5 Å². The maximum absolute atomic E-state index is 11.3. The standard InChI is InChI=1S/C24H34O4/c1-18(11-12-21-20(3)10-7-16-24(21,4)5)8-6-9-19(2)15-17-28-23(27)14-13-22(25)26/h6,8-9,11-12,15H,7,10,13-14,16-17H2,1-5H3,(H,25,26)/p-1/b9-6+,12-11+,18-8+,19-15+. The first kappa shape index (κ1) is 23.7. The third-order valence-corrected chi connectivity index (χ3v) is 4.96. The molecule has 0 unspecified atom stereocenters. The van der Waals surface area contributed by atoms with Gasteiger partial charge in [-0.15, -0.1) is 0 Å². The Labute approximate surface area is 169 Å². The van der Waals surface area contributed by atoms with Gasteiger partial charge < -0.3 is 14.6 Å². The van der Waals surface area contributed by atoms with Gasteiger partial charge in [0.25, 0.3) is 0 Å². The van der Waals surface area contributed by atoms with Gasteiger partial charge in [0.15, 0.2) is 0 Å². The molecule has 0 atom stereocenters. The van der Waals surface area contributed by atoms with Crippen molar-refractivity contribution in [3.8, 4) is 0 Å². The normalized spacial score (nSPS) is 18.2. The van der Waals surface area contributed by atoms with E-state index in [4.69, 9.17) is 4.74 Å². The summed E-state index contributed by atoms with van der Waals surface area (Å²) in [6.07, 6.45) is 15.4. The molecule has 0 saturated heterocycles. The van der Waals surface area contributed by atoms with E-state index in [1.807, 2.05) is 25.2 Å². The van der Waals surface area contributed by atoms with Crippen molar-refractivity contribution in [1.29, 1.82) is 0 Å². The van der Waals surface area contributed by atoms with Crippen molar-refractivity contribution in [3.05, 3.63) is 58.7 Å². The van der Waals surface area contributed by atoms with Crippen molar-refractivity contribution in [2.24, 2.45) is 5.41 Å². The van der Waals surface area contributed by atoms with Crippen LogP contribution in [0.4, 0.5) is 0 Å². The fourth-order valence-electron chi connectivity index (χ4n) is 3.24. The molecule has 0 N–H and O–H groups in total. The van der Waals surface area contributed by atoms with Gasteiger partial charge in [-0.3, -0.25) is 4.79 Å². The molecule has 0 saturated carbocycles. The Hall–Kier alpha value is -2.36. The highest BCUT2D eigenvalue weighted by Gasteiger charge is 2.26. The molecule has 0 aromatic carbocycles. The lowest BCUT2D eigenvalue weighted by Gasteiger charge is -2.32. The molecule has 0 amide bonds. The van der Waals surface area contributed by atoms with E-state index >= 15 is 0 Å². The summed E-state index contributed by atoms with van der Waals surface area (Å²) in [6.45, 7) is 11.0. The zero-order valence-electron chi connectivity index (χ0n) is 17.8. The zero-order chi connectivity index (χ0) is 21.2. The van der Waals surface area contributed by atoms with Crippen LogP contribution in [0.15, 0.2) is 58.7 Å². The van der Waals surface area contributed by atoms with Crippen LogP contribution in [0, 0.1) is 5.41 Å². The van der Waals surface area contributed by atoms with Crippen LogP contribution in [0.2, 0.25) is 0 Å². The van der Waals surface area contributed by atoms with Crippen molar-refractivity contribution in [2.45, 2.75) is 66.7 Å². The second-order valence-electron chi connectivity index (χ2n) is 8.04. The predicted molar refractivity (Wildman–Crippen MR) is 111 cm³/mol. The Morgan fingerprint density at radius 3 is 2.50 bits per heavy atom. The maximum Gasteiger partial charge on any atom is 0.306 e. The Morgan fingerprint density at radius 1 is 1.14 bits per heavy atom. The number of allylic oxidation sites excluding steroid dienone is 9. The van der Waals surface area contributed by atoms with Gasteiger partial charge in [0.2, 0.25) is 0 Å². The van der Waals surface area contributed by atoms with Gasteiger partial charge in [0, 0.05) is 5.97 Å². The molecule has 28 heavy (non-hydrogen) atoms. The molecular weight excluding hydrogens is 352 g/mol. The van der Waals surface area contributed by atoms with Crippen LogP contribution in [0.5, 0.6) is 0 Å². The van der Waals surface area contributed by atoms with Crippen molar-refractivity contribution >= 4 is 11.9 Å². The monoisotopic (exact) mass is 385 g/mol. The Bertz CT molecular complexity index is 715. The molecule has 4 heteroatoms. The van der Waals surface area contributed by atoms with Gasteiger partial charge in [0.1, 0.15) is 6.61 Å². The summed E-state index contributed by atoms with van der Waals surface area (Å²) >= 11 is 0. The maximum atomic E-state index is 11.3. The molecule has 154 valence electrons. The first-order valence-corrected chi connectivity index (χ1v) is 9.87. The minimum Gasteiger partial charge on any atom is -0.550 e. The zero-order valence-corrected chi connectivity index (χ0v) is 17.8. The number of carbonyl (C=O) groups is 2. The Morgan fingerprint density at radius 2 is 1.86 bits per heavy atom. The van der Waals surface area contributed by atoms with E-state index in [1.165, 1.54) is 36.0 Å². The Kier molecular flexibility index (Phi) is 9.70. The topological polar surface area (TPSA) is 66.4 Å². The van der Waals surface area contributed by atoms with E-state index in [1.54, 1.807) is 6.08 Å². The summed E-state index contributed by atoms with van der Waals surface area (Å²) in [7, 11) is 0. The van der Waals surface area contributed by atoms with E-state index in [0.29, 0.717) is 0 Å². The fourth-order valence-corrected chi connectivity index (χ4v) is 3.24. The summed E-state index contributed by atoms with van der Waals surface area (Å²) < 4.78 is 4.95. The summed E-state index contributed by atoms with van der Waals surface area (Å²) in [5.41, 5.74) is 5.31. The molecule has 0 radical (unpaired) electrons. The number of ether oxygens (including phenoxy) is 1. The van der Waals surface area contributed by atoms with Crippen LogP contribution < -0.4 is 5.11 Å². The van der Waals surface area contributed by atoms with E-state index in [2.05, 4.69) is 39.8 Å². The minimum atomic E-state index is -1.25. The molecule has 1 aliphatic carbocycles. The number of esters is 1. The molecule has 1 aliphatic rings. The summed E-state index contributed by atoms with van der Waals surface area (Å²) in [5, 5.41) is 10.3. The number of aliphatic carboxylic acids is 1. The van der Waals surface area contributed by atoms with Crippen LogP contribution in [-0.2, 0) is 14.3 Å². The Balaban J connectivity index is 2.54. The van der Waals surface area contributed by atoms with Crippen LogP contribution in [0.25, 0.3) is 0 Å². The molecular formula is C24H33O4-. The second kappa shape index (κ2) is 11.5. The van der Waals surface area contributed by atoms with Crippen molar-refractivity contribution in [3.63, 3.8) is 0 Å². The molecule has 0 spiro atoms. The average Bonchev–Trinajstić information content (AvgIpc) is 2.59. The lowest BCUT2D eigenvalue weighted by atomic mass is 9.72. The van der Waals surface area contributed by atoms with Crippen LogP contribution >= 0.6 is 0 Å². The molecule has 0 aromatic rings. The van der Waals surface area contributed by atoms with Gasteiger partial charge >= 0.3 is 5.97 Å². The highest BCUT2D eigenvalue weighted by atomic mass is 16.5. The minimum absolute atomic E-state index is 0.132. The molecule has 0 heterocycles. The SMILES string of the molecule is CC1=C(/C=C/C(C)=C/C=C/C(C)=C/COC(=O)CCC(=O)[O-])C(C)(C)CCC1. The van der Waals surface area contributed by atoms with Crippen molar-refractivity contribution in [1.82, 2.24) is 0 Å². The molecule has 1 rings (SSSR count). The first-order valence-electron chi connectivity index (χ1n) is 9.87. The van der Waals surface area contributed by atoms with E-state index < -0.39 is 11.9 Å². The molecule has 0 bridgehead atoms.